The zero-order chi connectivity index (χ0) is 19.8. The Bertz CT molecular complexity index is 950. The van der Waals surface area contributed by atoms with Crippen molar-refractivity contribution in [2.75, 3.05) is 13.2 Å². The number of nitrogens with zero attached hydrogens (tertiary/aromatic N) is 1. The molecule has 0 bridgehead atoms. The molecule has 6 heteroatoms. The Morgan fingerprint density at radius 2 is 1.93 bits per heavy atom. The number of aromatic carboxylic acids is 1. The van der Waals surface area contributed by atoms with E-state index in [9.17, 15) is 10.1 Å². The second kappa shape index (κ2) is 9.65. The predicted molar refractivity (Wildman–Crippen MR) is 112 cm³/mol. The molecule has 5 nitrogen and oxygen atoms in total. The molecule has 0 aliphatic rings. The number of benzene rings is 2. The lowest BCUT2D eigenvalue weighted by Crippen LogP contribution is -2.01. The molecule has 0 saturated carbocycles. The Balaban J connectivity index is 2.44. The molecule has 0 spiro atoms. The smallest absolute Gasteiger partial charge is 0.335 e. The van der Waals surface area contributed by atoms with E-state index in [1.165, 1.54) is 12.1 Å². The topological polar surface area (TPSA) is 79.5 Å². The van der Waals surface area contributed by atoms with Gasteiger partial charge in [0, 0.05) is 0 Å². The molecule has 0 unspecified atom stereocenters. The van der Waals surface area contributed by atoms with E-state index in [2.05, 4.69) is 34.6 Å². The number of nitriles is 1. The third-order valence-electron chi connectivity index (χ3n) is 3.51. The summed E-state index contributed by atoms with van der Waals surface area (Å²) in [5.41, 5.74) is 1.96. The van der Waals surface area contributed by atoms with Gasteiger partial charge in [-0.25, -0.2) is 4.79 Å². The zero-order valence-electron chi connectivity index (χ0n) is 14.5. The SMILES string of the molecule is C#CCOc1c(I)cc(C=C(C#N)c2ccc(C(=O)O)cc2)cc1OCC. The number of hydrogen-bond donors (Lipinski definition) is 1. The second-order valence-corrected chi connectivity index (χ2v) is 6.47. The van der Waals surface area contributed by atoms with Crippen molar-refractivity contribution in [1.82, 2.24) is 0 Å². The van der Waals surface area contributed by atoms with E-state index < -0.39 is 5.97 Å². The summed E-state index contributed by atoms with van der Waals surface area (Å²) in [7, 11) is 0. The summed E-state index contributed by atoms with van der Waals surface area (Å²) in [6, 6.07) is 11.9. The first-order valence-electron chi connectivity index (χ1n) is 7.98. The summed E-state index contributed by atoms with van der Waals surface area (Å²) in [4.78, 5) is 11.0. The summed E-state index contributed by atoms with van der Waals surface area (Å²) in [6.45, 7) is 2.45. The highest BCUT2D eigenvalue weighted by molar-refractivity contribution is 14.1. The number of carboxylic acids is 1. The molecule has 0 aromatic heterocycles. The molecule has 2 rings (SSSR count). The van der Waals surface area contributed by atoms with E-state index in [0.717, 1.165) is 9.13 Å². The van der Waals surface area contributed by atoms with Crippen LogP contribution in [0.2, 0.25) is 0 Å². The van der Waals surface area contributed by atoms with Crippen LogP contribution in [0.5, 0.6) is 11.5 Å². The first kappa shape index (κ1) is 20.3. The van der Waals surface area contributed by atoms with Crippen molar-refractivity contribution in [3.63, 3.8) is 0 Å². The van der Waals surface area contributed by atoms with Crippen LogP contribution in [0, 0.1) is 27.2 Å². The third-order valence-corrected chi connectivity index (χ3v) is 4.31. The highest BCUT2D eigenvalue weighted by atomic mass is 127. The van der Waals surface area contributed by atoms with E-state index in [1.54, 1.807) is 24.3 Å². The van der Waals surface area contributed by atoms with E-state index in [-0.39, 0.29) is 12.2 Å². The lowest BCUT2D eigenvalue weighted by Gasteiger charge is -2.13. The maximum atomic E-state index is 11.0. The number of halogens is 1. The van der Waals surface area contributed by atoms with Crippen LogP contribution in [0.25, 0.3) is 11.6 Å². The molecule has 0 saturated heterocycles. The van der Waals surface area contributed by atoms with Crippen molar-refractivity contribution >= 4 is 40.2 Å². The quantitative estimate of drug-likeness (QED) is 0.278. The normalized spacial score (nSPS) is 10.6. The van der Waals surface area contributed by atoms with Crippen LogP contribution in [-0.4, -0.2) is 24.3 Å². The average molecular weight is 473 g/mol. The average Bonchev–Trinajstić information content (AvgIpc) is 2.66. The van der Waals surface area contributed by atoms with E-state index in [4.69, 9.17) is 21.0 Å². The number of ether oxygens (including phenoxy) is 2. The fourth-order valence-electron chi connectivity index (χ4n) is 2.33. The molecule has 0 atom stereocenters. The van der Waals surface area contributed by atoms with Crippen LogP contribution in [0.3, 0.4) is 0 Å². The maximum absolute atomic E-state index is 11.0. The molecule has 27 heavy (non-hydrogen) atoms. The van der Waals surface area contributed by atoms with Crippen LogP contribution in [0.15, 0.2) is 36.4 Å². The molecular weight excluding hydrogens is 457 g/mol. The highest BCUT2D eigenvalue weighted by Crippen LogP contribution is 2.35. The van der Waals surface area contributed by atoms with Crippen molar-refractivity contribution in [1.29, 1.82) is 5.26 Å². The van der Waals surface area contributed by atoms with Crippen LogP contribution in [-0.2, 0) is 0 Å². The highest BCUT2D eigenvalue weighted by Gasteiger charge is 2.12. The van der Waals surface area contributed by atoms with Gasteiger partial charge in [0.1, 0.15) is 6.61 Å². The fourth-order valence-corrected chi connectivity index (χ4v) is 3.11. The van der Waals surface area contributed by atoms with Gasteiger partial charge in [-0.3, -0.25) is 0 Å². The van der Waals surface area contributed by atoms with Crippen molar-refractivity contribution in [2.45, 2.75) is 6.92 Å². The monoisotopic (exact) mass is 473 g/mol. The molecule has 0 aliphatic carbocycles. The van der Waals surface area contributed by atoms with Gasteiger partial charge in [-0.2, -0.15) is 5.26 Å². The van der Waals surface area contributed by atoms with Gasteiger partial charge in [0.05, 0.1) is 27.4 Å². The van der Waals surface area contributed by atoms with Crippen molar-refractivity contribution < 1.29 is 19.4 Å². The van der Waals surface area contributed by atoms with Gasteiger partial charge < -0.3 is 14.6 Å². The molecule has 0 fully saturated rings. The minimum atomic E-state index is -1.01. The van der Waals surface area contributed by atoms with Crippen molar-refractivity contribution in [3.8, 4) is 29.9 Å². The van der Waals surface area contributed by atoms with Crippen LogP contribution in [0.4, 0.5) is 0 Å². The lowest BCUT2D eigenvalue weighted by atomic mass is 10.0. The van der Waals surface area contributed by atoms with Gasteiger partial charge >= 0.3 is 5.97 Å². The van der Waals surface area contributed by atoms with Gasteiger partial charge in [-0.1, -0.05) is 18.1 Å². The number of hydrogen-bond acceptors (Lipinski definition) is 4. The first-order valence-corrected chi connectivity index (χ1v) is 9.06. The van der Waals surface area contributed by atoms with E-state index in [0.29, 0.717) is 29.2 Å². The van der Waals surface area contributed by atoms with Gasteiger partial charge in [0.15, 0.2) is 11.5 Å². The number of carbonyl (C=O) groups is 1. The van der Waals surface area contributed by atoms with Gasteiger partial charge in [-0.05, 0) is 71.0 Å². The molecule has 0 aliphatic heterocycles. The van der Waals surface area contributed by atoms with Crippen LogP contribution >= 0.6 is 22.6 Å². The Morgan fingerprint density at radius 3 is 2.48 bits per heavy atom. The largest absolute Gasteiger partial charge is 0.490 e. The van der Waals surface area contributed by atoms with Crippen molar-refractivity contribution in [3.05, 3.63) is 56.7 Å². The van der Waals surface area contributed by atoms with E-state index >= 15 is 0 Å². The summed E-state index contributed by atoms with van der Waals surface area (Å²) in [5.74, 6) is 2.53. The minimum Gasteiger partial charge on any atom is -0.490 e. The summed E-state index contributed by atoms with van der Waals surface area (Å²) in [6.07, 6.45) is 6.97. The number of rotatable bonds is 7. The minimum absolute atomic E-state index is 0.130. The maximum Gasteiger partial charge on any atom is 0.335 e. The van der Waals surface area contributed by atoms with Gasteiger partial charge in [0.2, 0.25) is 0 Å². The molecule has 136 valence electrons. The van der Waals surface area contributed by atoms with Crippen LogP contribution < -0.4 is 9.47 Å². The number of allylic oxidation sites excluding steroid dienone is 1. The lowest BCUT2D eigenvalue weighted by molar-refractivity contribution is 0.0697. The molecule has 1 N–H and O–H groups in total. The molecule has 2 aromatic rings. The third kappa shape index (κ3) is 5.25. The molecule has 0 radical (unpaired) electrons. The first-order chi connectivity index (χ1) is 13.0. The fraction of sp³-hybridized carbons (Fsp3) is 0.143. The Kier molecular flexibility index (Phi) is 7.27. The predicted octanol–water partition coefficient (Wildman–Crippen LogP) is 4.46. The Labute approximate surface area is 171 Å². The number of carboxylic acid groups (broad SMARTS) is 1. The Morgan fingerprint density at radius 1 is 1.26 bits per heavy atom. The zero-order valence-corrected chi connectivity index (χ0v) is 16.7. The molecule has 2 aromatic carbocycles. The second-order valence-electron chi connectivity index (χ2n) is 5.31. The number of terminal acetylenes is 1. The van der Waals surface area contributed by atoms with Gasteiger partial charge in [0.25, 0.3) is 0 Å². The molecule has 0 amide bonds. The summed E-state index contributed by atoms with van der Waals surface area (Å²) in [5, 5.41) is 18.5. The van der Waals surface area contributed by atoms with Gasteiger partial charge in [-0.15, -0.1) is 6.42 Å². The van der Waals surface area contributed by atoms with Crippen LogP contribution in [0.1, 0.15) is 28.4 Å². The molecular formula is C21H16INO4. The summed E-state index contributed by atoms with van der Waals surface area (Å²) >= 11 is 2.13. The summed E-state index contributed by atoms with van der Waals surface area (Å²) < 4.78 is 12.0. The molecule has 0 heterocycles. The Hall–Kier alpha value is -2.97. The van der Waals surface area contributed by atoms with E-state index in [1.807, 2.05) is 13.0 Å². The van der Waals surface area contributed by atoms with Crippen molar-refractivity contribution in [2.24, 2.45) is 0 Å². The standard InChI is InChI=1S/C21H16INO4/c1-3-9-27-20-18(22)11-14(12-19(20)26-4-2)10-17(13-23)15-5-7-16(8-6-15)21(24)25/h1,5-8,10-12H,4,9H2,2H3,(H,24,25).